The maximum absolute atomic E-state index is 12.6. The van der Waals surface area contributed by atoms with Crippen LogP contribution < -0.4 is 10.6 Å². The molecular formula is C20H23F3N4S. The Bertz CT molecular complexity index is 800. The van der Waals surface area contributed by atoms with Crippen LogP contribution in [0.2, 0.25) is 0 Å². The standard InChI is InChI=1S/C20H23F3N4S/c21-20(22,23)14-3-5-15(6-4-14)28-18-13-25-17(12-26-18)27-10-8-19(9-11-27)7-1-2-16(19)24/h3-6,12-13,16H,1-2,7-11,24H2/t16-/m1/s1. The van der Waals surface area contributed by atoms with Gasteiger partial charge >= 0.3 is 6.18 Å². The molecule has 1 saturated heterocycles. The van der Waals surface area contributed by atoms with E-state index in [9.17, 15) is 13.2 Å². The van der Waals surface area contributed by atoms with Crippen LogP contribution >= 0.6 is 11.8 Å². The Kier molecular flexibility index (Phi) is 5.26. The van der Waals surface area contributed by atoms with E-state index in [-0.39, 0.29) is 0 Å². The SMILES string of the molecule is N[C@@H]1CCCC12CCN(c1cnc(Sc3ccc(C(F)(F)F)cc3)cn1)CC2. The molecule has 2 aromatic rings. The summed E-state index contributed by atoms with van der Waals surface area (Å²) in [5.41, 5.74) is 6.00. The van der Waals surface area contributed by atoms with Crippen LogP contribution in [0.3, 0.4) is 0 Å². The Balaban J connectivity index is 1.37. The fourth-order valence-electron chi connectivity index (χ4n) is 4.33. The van der Waals surface area contributed by atoms with Gasteiger partial charge in [-0.05, 0) is 55.4 Å². The number of benzene rings is 1. The van der Waals surface area contributed by atoms with Gasteiger partial charge in [0.05, 0.1) is 18.0 Å². The van der Waals surface area contributed by atoms with Crippen LogP contribution in [-0.4, -0.2) is 29.1 Å². The number of alkyl halides is 3. The lowest BCUT2D eigenvalue weighted by Crippen LogP contribution is -2.47. The van der Waals surface area contributed by atoms with Gasteiger partial charge in [-0.15, -0.1) is 0 Å². The second-order valence-electron chi connectivity index (χ2n) is 7.69. The van der Waals surface area contributed by atoms with Gasteiger partial charge in [0, 0.05) is 24.0 Å². The van der Waals surface area contributed by atoms with Crippen molar-refractivity contribution in [2.75, 3.05) is 18.0 Å². The molecule has 2 aliphatic rings. The molecule has 1 aromatic heterocycles. The minimum atomic E-state index is -4.32. The van der Waals surface area contributed by atoms with Gasteiger partial charge in [0.25, 0.3) is 0 Å². The Morgan fingerprint density at radius 2 is 1.75 bits per heavy atom. The summed E-state index contributed by atoms with van der Waals surface area (Å²) in [7, 11) is 0. The molecule has 1 spiro atoms. The van der Waals surface area contributed by atoms with Gasteiger partial charge in [-0.2, -0.15) is 13.2 Å². The minimum absolute atomic E-state index is 0.308. The first-order chi connectivity index (χ1) is 13.4. The van der Waals surface area contributed by atoms with Crippen molar-refractivity contribution in [1.29, 1.82) is 0 Å². The molecule has 0 amide bonds. The van der Waals surface area contributed by atoms with Crippen molar-refractivity contribution in [3.8, 4) is 0 Å². The summed E-state index contributed by atoms with van der Waals surface area (Å²) >= 11 is 1.30. The molecule has 2 heterocycles. The summed E-state index contributed by atoms with van der Waals surface area (Å²) in [5, 5.41) is 0.662. The van der Waals surface area contributed by atoms with Crippen LogP contribution in [0, 0.1) is 5.41 Å². The summed E-state index contributed by atoms with van der Waals surface area (Å²) in [6, 6.07) is 5.40. The number of aromatic nitrogens is 2. The molecular weight excluding hydrogens is 385 g/mol. The van der Waals surface area contributed by atoms with Crippen molar-refractivity contribution >= 4 is 17.6 Å². The molecule has 150 valence electrons. The molecule has 1 aromatic carbocycles. The van der Waals surface area contributed by atoms with Crippen LogP contribution in [-0.2, 0) is 6.18 Å². The lowest BCUT2D eigenvalue weighted by molar-refractivity contribution is -0.137. The minimum Gasteiger partial charge on any atom is -0.355 e. The normalized spacial score (nSPS) is 22.0. The third-order valence-corrected chi connectivity index (χ3v) is 7.01. The van der Waals surface area contributed by atoms with E-state index in [1.165, 1.54) is 36.7 Å². The number of halogens is 3. The Morgan fingerprint density at radius 1 is 1.04 bits per heavy atom. The first-order valence-corrected chi connectivity index (χ1v) is 10.4. The highest BCUT2D eigenvalue weighted by Gasteiger charge is 2.43. The van der Waals surface area contributed by atoms with Gasteiger partial charge in [0.2, 0.25) is 0 Å². The van der Waals surface area contributed by atoms with E-state index in [1.54, 1.807) is 12.4 Å². The zero-order chi connectivity index (χ0) is 19.8. The molecule has 28 heavy (non-hydrogen) atoms. The zero-order valence-electron chi connectivity index (χ0n) is 15.5. The largest absolute Gasteiger partial charge is 0.416 e. The summed E-state index contributed by atoms with van der Waals surface area (Å²) in [5.74, 6) is 0.846. The summed E-state index contributed by atoms with van der Waals surface area (Å²) in [4.78, 5) is 11.9. The maximum atomic E-state index is 12.6. The summed E-state index contributed by atoms with van der Waals surface area (Å²) < 4.78 is 37.9. The molecule has 1 atom stereocenters. The Hall–Kier alpha value is -1.80. The van der Waals surface area contributed by atoms with E-state index in [2.05, 4.69) is 14.9 Å². The van der Waals surface area contributed by atoms with Gasteiger partial charge in [-0.3, -0.25) is 0 Å². The summed E-state index contributed by atoms with van der Waals surface area (Å²) in [6.45, 7) is 1.88. The van der Waals surface area contributed by atoms with Gasteiger partial charge < -0.3 is 10.6 Å². The molecule has 8 heteroatoms. The molecule has 1 aliphatic heterocycles. The first-order valence-electron chi connectivity index (χ1n) is 9.53. The van der Waals surface area contributed by atoms with Crippen molar-refractivity contribution in [3.63, 3.8) is 0 Å². The predicted molar refractivity (Wildman–Crippen MR) is 103 cm³/mol. The number of piperidine rings is 1. The highest BCUT2D eigenvalue weighted by atomic mass is 32.2. The first kappa shape index (κ1) is 19.5. The number of nitrogens with zero attached hydrogens (tertiary/aromatic N) is 3. The van der Waals surface area contributed by atoms with Crippen molar-refractivity contribution in [2.24, 2.45) is 11.1 Å². The van der Waals surface area contributed by atoms with Gasteiger partial charge in [-0.1, -0.05) is 18.2 Å². The molecule has 0 bridgehead atoms. The highest BCUT2D eigenvalue weighted by molar-refractivity contribution is 7.99. The van der Waals surface area contributed by atoms with Gasteiger partial charge in [0.15, 0.2) is 0 Å². The second-order valence-corrected chi connectivity index (χ2v) is 8.78. The highest BCUT2D eigenvalue weighted by Crippen LogP contribution is 2.45. The molecule has 0 unspecified atom stereocenters. The number of nitrogens with two attached hydrogens (primary N) is 1. The van der Waals surface area contributed by atoms with Gasteiger partial charge in [0.1, 0.15) is 10.8 Å². The zero-order valence-corrected chi connectivity index (χ0v) is 16.3. The molecule has 1 aliphatic carbocycles. The van der Waals surface area contributed by atoms with Crippen molar-refractivity contribution < 1.29 is 13.2 Å². The monoisotopic (exact) mass is 408 g/mol. The van der Waals surface area contributed by atoms with Crippen molar-refractivity contribution in [2.45, 2.75) is 54.2 Å². The quantitative estimate of drug-likeness (QED) is 0.795. The Labute approximate surface area is 166 Å². The third kappa shape index (κ3) is 3.98. The fraction of sp³-hybridized carbons (Fsp3) is 0.500. The Morgan fingerprint density at radius 3 is 2.29 bits per heavy atom. The lowest BCUT2D eigenvalue weighted by atomic mass is 9.74. The number of hydrogen-bond acceptors (Lipinski definition) is 5. The van der Waals surface area contributed by atoms with E-state index >= 15 is 0 Å². The van der Waals surface area contributed by atoms with E-state index in [1.807, 2.05) is 0 Å². The molecule has 4 rings (SSSR count). The number of hydrogen-bond donors (Lipinski definition) is 1. The molecule has 2 N–H and O–H groups in total. The van der Waals surface area contributed by atoms with Crippen LogP contribution in [0.1, 0.15) is 37.7 Å². The smallest absolute Gasteiger partial charge is 0.355 e. The average molecular weight is 408 g/mol. The number of anilines is 1. The fourth-order valence-corrected chi connectivity index (χ4v) is 5.05. The van der Waals surface area contributed by atoms with Crippen LogP contribution in [0.5, 0.6) is 0 Å². The molecule has 2 fully saturated rings. The molecule has 1 saturated carbocycles. The second kappa shape index (κ2) is 7.55. The van der Waals surface area contributed by atoms with E-state index in [0.29, 0.717) is 21.4 Å². The van der Waals surface area contributed by atoms with E-state index in [0.717, 1.165) is 50.3 Å². The number of rotatable bonds is 3. The van der Waals surface area contributed by atoms with Crippen LogP contribution in [0.25, 0.3) is 0 Å². The van der Waals surface area contributed by atoms with Crippen LogP contribution in [0.4, 0.5) is 19.0 Å². The van der Waals surface area contributed by atoms with Crippen LogP contribution in [0.15, 0.2) is 46.6 Å². The van der Waals surface area contributed by atoms with Crippen molar-refractivity contribution in [1.82, 2.24) is 9.97 Å². The average Bonchev–Trinajstić information content (AvgIpc) is 3.03. The topological polar surface area (TPSA) is 55.0 Å². The maximum Gasteiger partial charge on any atom is 0.416 e. The van der Waals surface area contributed by atoms with Gasteiger partial charge in [-0.25, -0.2) is 9.97 Å². The predicted octanol–water partition coefficient (Wildman–Crippen LogP) is 4.74. The van der Waals surface area contributed by atoms with E-state index < -0.39 is 11.7 Å². The lowest BCUT2D eigenvalue weighted by Gasteiger charge is -2.42. The van der Waals surface area contributed by atoms with Crippen molar-refractivity contribution in [3.05, 3.63) is 42.2 Å². The molecule has 4 nitrogen and oxygen atoms in total. The van der Waals surface area contributed by atoms with E-state index in [4.69, 9.17) is 5.73 Å². The summed E-state index contributed by atoms with van der Waals surface area (Å²) in [6.07, 6.45) is 4.90. The third-order valence-electron chi connectivity index (χ3n) is 6.08. The molecule has 0 radical (unpaired) electrons.